The Morgan fingerprint density at radius 3 is 2.70 bits per heavy atom. The molecule has 0 bridgehead atoms. The van der Waals surface area contributed by atoms with Crippen LogP contribution in [0.25, 0.3) is 21.8 Å². The summed E-state index contributed by atoms with van der Waals surface area (Å²) in [6, 6.07) is 14.0. The fourth-order valence-electron chi connectivity index (χ4n) is 4.08. The number of halogens is 1. The van der Waals surface area contributed by atoms with Crippen LogP contribution in [0.1, 0.15) is 16.8 Å². The van der Waals surface area contributed by atoms with Crippen LogP contribution in [0, 0.1) is 5.82 Å². The SMILES string of the molecule is O=c1c2ncc3c(c(CNCCc4ccccn4)cn3Cc3ccc(F)cc3)c2ccn1O. The summed E-state index contributed by atoms with van der Waals surface area (Å²) in [6.45, 7) is 1.87. The molecule has 0 fully saturated rings. The number of benzene rings is 1. The van der Waals surface area contributed by atoms with Gasteiger partial charge in [0.1, 0.15) is 11.3 Å². The Kier molecular flexibility index (Phi) is 5.58. The molecule has 0 aliphatic rings. The van der Waals surface area contributed by atoms with Crippen molar-refractivity contribution < 1.29 is 9.60 Å². The lowest BCUT2D eigenvalue weighted by atomic mass is 10.1. The van der Waals surface area contributed by atoms with Crippen LogP contribution < -0.4 is 10.9 Å². The van der Waals surface area contributed by atoms with Crippen molar-refractivity contribution in [3.05, 3.63) is 106 Å². The smallest absolute Gasteiger partial charge is 0.309 e. The summed E-state index contributed by atoms with van der Waals surface area (Å²) in [7, 11) is 0. The molecular formula is C25H22FN5O2. The summed E-state index contributed by atoms with van der Waals surface area (Å²) in [5, 5.41) is 14.8. The van der Waals surface area contributed by atoms with Crippen molar-refractivity contribution in [2.45, 2.75) is 19.5 Å². The van der Waals surface area contributed by atoms with Crippen molar-refractivity contribution >= 4 is 21.8 Å². The third-order valence-electron chi connectivity index (χ3n) is 5.70. The molecule has 5 aromatic rings. The van der Waals surface area contributed by atoms with Crippen molar-refractivity contribution in [2.24, 2.45) is 0 Å². The van der Waals surface area contributed by atoms with Gasteiger partial charge in [-0.05, 0) is 41.5 Å². The van der Waals surface area contributed by atoms with Crippen LogP contribution in [-0.4, -0.2) is 31.0 Å². The molecule has 0 atom stereocenters. The van der Waals surface area contributed by atoms with Gasteiger partial charge in [-0.2, -0.15) is 4.73 Å². The van der Waals surface area contributed by atoms with Crippen molar-refractivity contribution in [3.63, 3.8) is 0 Å². The third kappa shape index (κ3) is 4.20. The normalized spacial score (nSPS) is 11.4. The topological polar surface area (TPSA) is 85.0 Å². The fourth-order valence-corrected chi connectivity index (χ4v) is 4.08. The number of hydrogen-bond donors (Lipinski definition) is 2. The largest absolute Gasteiger partial charge is 0.425 e. The summed E-state index contributed by atoms with van der Waals surface area (Å²) >= 11 is 0. The average molecular weight is 443 g/mol. The number of fused-ring (bicyclic) bond motifs is 3. The van der Waals surface area contributed by atoms with Crippen LogP contribution in [-0.2, 0) is 19.5 Å². The van der Waals surface area contributed by atoms with Crippen molar-refractivity contribution in [1.29, 1.82) is 0 Å². The van der Waals surface area contributed by atoms with Gasteiger partial charge in [-0.3, -0.25) is 9.78 Å². The van der Waals surface area contributed by atoms with E-state index in [0.29, 0.717) is 23.2 Å². The highest BCUT2D eigenvalue weighted by atomic mass is 19.1. The molecule has 0 unspecified atom stereocenters. The van der Waals surface area contributed by atoms with Gasteiger partial charge in [0, 0.05) is 61.1 Å². The molecule has 0 saturated heterocycles. The van der Waals surface area contributed by atoms with Gasteiger partial charge in [0.15, 0.2) is 0 Å². The zero-order chi connectivity index (χ0) is 22.8. The quantitative estimate of drug-likeness (QED) is 0.297. The van der Waals surface area contributed by atoms with Crippen LogP contribution in [0.4, 0.5) is 4.39 Å². The maximum atomic E-state index is 13.3. The first-order valence-corrected chi connectivity index (χ1v) is 10.7. The van der Waals surface area contributed by atoms with E-state index in [-0.39, 0.29) is 11.3 Å². The van der Waals surface area contributed by atoms with Gasteiger partial charge in [0.05, 0.1) is 11.7 Å². The summed E-state index contributed by atoms with van der Waals surface area (Å²) < 4.78 is 15.9. The number of nitrogens with zero attached hydrogens (tertiary/aromatic N) is 4. The maximum absolute atomic E-state index is 13.3. The predicted molar refractivity (Wildman–Crippen MR) is 124 cm³/mol. The second-order valence-electron chi connectivity index (χ2n) is 7.90. The molecule has 7 nitrogen and oxygen atoms in total. The zero-order valence-electron chi connectivity index (χ0n) is 17.8. The lowest BCUT2D eigenvalue weighted by Crippen LogP contribution is -2.18. The lowest BCUT2D eigenvalue weighted by molar-refractivity contribution is 0.176. The molecule has 4 aromatic heterocycles. The highest BCUT2D eigenvalue weighted by Gasteiger charge is 2.15. The first-order chi connectivity index (χ1) is 16.1. The predicted octanol–water partition coefficient (Wildman–Crippen LogP) is 3.50. The molecule has 0 aliphatic carbocycles. The molecule has 0 radical (unpaired) electrons. The van der Waals surface area contributed by atoms with Crippen LogP contribution in [0.15, 0.2) is 78.1 Å². The number of hydrogen-bond acceptors (Lipinski definition) is 5. The molecule has 166 valence electrons. The monoisotopic (exact) mass is 443 g/mol. The van der Waals surface area contributed by atoms with E-state index in [1.165, 1.54) is 18.3 Å². The number of pyridine rings is 3. The number of aromatic nitrogens is 4. The minimum absolute atomic E-state index is 0.210. The summed E-state index contributed by atoms with van der Waals surface area (Å²) in [6.07, 6.45) is 7.60. The molecule has 4 heterocycles. The van der Waals surface area contributed by atoms with Crippen LogP contribution in [0.3, 0.4) is 0 Å². The Balaban J connectivity index is 1.51. The number of rotatable bonds is 7. The standard InChI is InChI=1S/C25H22FN5O2/c26-19-6-4-17(5-7-19)15-30-16-18(13-27-11-8-20-3-1-2-10-28-20)23-21-9-12-31(33)25(32)24(21)29-14-22(23)30/h1-7,9-10,12,14,16,27,33H,8,11,13,15H2. The highest BCUT2D eigenvalue weighted by Crippen LogP contribution is 2.28. The fraction of sp³-hybridized carbons (Fsp3) is 0.160. The molecule has 8 heteroatoms. The summed E-state index contributed by atoms with van der Waals surface area (Å²) in [5.41, 5.74) is 3.49. The Morgan fingerprint density at radius 2 is 1.91 bits per heavy atom. The van der Waals surface area contributed by atoms with Crippen molar-refractivity contribution in [1.82, 2.24) is 24.6 Å². The van der Waals surface area contributed by atoms with Gasteiger partial charge in [0.25, 0.3) is 0 Å². The van der Waals surface area contributed by atoms with E-state index in [1.807, 2.05) is 24.4 Å². The minimum Gasteiger partial charge on any atom is -0.425 e. The molecule has 0 spiro atoms. The Morgan fingerprint density at radius 1 is 1.06 bits per heavy atom. The second-order valence-corrected chi connectivity index (χ2v) is 7.90. The maximum Gasteiger partial charge on any atom is 0.309 e. The van der Waals surface area contributed by atoms with E-state index in [1.54, 1.807) is 30.6 Å². The van der Waals surface area contributed by atoms with Crippen molar-refractivity contribution in [3.8, 4) is 0 Å². The average Bonchev–Trinajstić information content (AvgIpc) is 3.19. The molecule has 33 heavy (non-hydrogen) atoms. The van der Waals surface area contributed by atoms with Crippen LogP contribution >= 0.6 is 0 Å². The third-order valence-corrected chi connectivity index (χ3v) is 5.70. The molecule has 0 saturated carbocycles. The Labute approximate surface area is 188 Å². The van der Waals surface area contributed by atoms with Gasteiger partial charge >= 0.3 is 5.56 Å². The molecule has 0 aliphatic heterocycles. The molecule has 5 rings (SSSR count). The summed E-state index contributed by atoms with van der Waals surface area (Å²) in [5.74, 6) is -0.276. The van der Waals surface area contributed by atoms with Gasteiger partial charge in [-0.25, -0.2) is 9.37 Å². The minimum atomic E-state index is -0.560. The van der Waals surface area contributed by atoms with Gasteiger partial charge in [-0.1, -0.05) is 18.2 Å². The first kappa shape index (κ1) is 20.8. The van der Waals surface area contributed by atoms with E-state index >= 15 is 0 Å². The van der Waals surface area contributed by atoms with E-state index in [9.17, 15) is 14.4 Å². The lowest BCUT2D eigenvalue weighted by Gasteiger charge is -2.07. The van der Waals surface area contributed by atoms with Crippen LogP contribution in [0.2, 0.25) is 0 Å². The van der Waals surface area contributed by atoms with E-state index in [0.717, 1.165) is 40.7 Å². The van der Waals surface area contributed by atoms with Gasteiger partial charge in [0.2, 0.25) is 0 Å². The van der Waals surface area contributed by atoms with E-state index in [2.05, 4.69) is 19.9 Å². The Hall–Kier alpha value is -4.04. The molecule has 0 amide bonds. The zero-order valence-corrected chi connectivity index (χ0v) is 17.8. The first-order valence-electron chi connectivity index (χ1n) is 10.7. The van der Waals surface area contributed by atoms with Crippen molar-refractivity contribution in [2.75, 3.05) is 6.54 Å². The molecule has 1 aromatic carbocycles. The number of nitrogens with one attached hydrogen (secondary N) is 1. The van der Waals surface area contributed by atoms with E-state index < -0.39 is 5.56 Å². The van der Waals surface area contributed by atoms with E-state index in [4.69, 9.17) is 0 Å². The second kappa shape index (κ2) is 8.84. The van der Waals surface area contributed by atoms with Crippen LogP contribution in [0.5, 0.6) is 0 Å². The van der Waals surface area contributed by atoms with Gasteiger partial charge < -0.3 is 15.1 Å². The molecular weight excluding hydrogens is 421 g/mol. The van der Waals surface area contributed by atoms with Gasteiger partial charge in [-0.15, -0.1) is 0 Å². The Bertz CT molecular complexity index is 1480. The molecule has 2 N–H and O–H groups in total. The summed E-state index contributed by atoms with van der Waals surface area (Å²) in [4.78, 5) is 21.1. The highest BCUT2D eigenvalue weighted by molar-refractivity contribution is 6.06.